The summed E-state index contributed by atoms with van der Waals surface area (Å²) in [7, 11) is 0. The minimum absolute atomic E-state index is 0.0311. The molecule has 27 heavy (non-hydrogen) atoms. The van der Waals surface area contributed by atoms with Gasteiger partial charge < -0.3 is 10.6 Å². The van der Waals surface area contributed by atoms with E-state index in [1.165, 1.54) is 12.7 Å². The molecule has 4 rings (SSSR count). The number of nitrogens with one attached hydrogen (secondary N) is 2. The van der Waals surface area contributed by atoms with Crippen LogP contribution in [0.5, 0.6) is 0 Å². The lowest BCUT2D eigenvalue weighted by molar-refractivity contribution is -0.117. The molecule has 7 nitrogen and oxygen atoms in total. The summed E-state index contributed by atoms with van der Waals surface area (Å²) < 4.78 is 1.54. The maximum absolute atomic E-state index is 12.6. The van der Waals surface area contributed by atoms with Crippen LogP contribution in [-0.2, 0) is 4.79 Å². The Morgan fingerprint density at radius 3 is 2.52 bits per heavy atom. The molecule has 1 aliphatic rings. The van der Waals surface area contributed by atoms with Gasteiger partial charge in [0.2, 0.25) is 5.91 Å². The zero-order valence-corrected chi connectivity index (χ0v) is 15.0. The number of aromatic nitrogens is 3. The number of carbonyl (C=O) groups is 2. The van der Waals surface area contributed by atoms with Crippen LogP contribution in [0.3, 0.4) is 0 Å². The van der Waals surface area contributed by atoms with Gasteiger partial charge in [-0.05, 0) is 55.3 Å². The predicted molar refractivity (Wildman–Crippen MR) is 102 cm³/mol. The van der Waals surface area contributed by atoms with Crippen molar-refractivity contribution >= 4 is 34.8 Å². The summed E-state index contributed by atoms with van der Waals surface area (Å²) in [4.78, 5) is 28.3. The van der Waals surface area contributed by atoms with E-state index in [0.717, 1.165) is 12.8 Å². The van der Waals surface area contributed by atoms with Crippen molar-refractivity contribution < 1.29 is 9.59 Å². The van der Waals surface area contributed by atoms with E-state index >= 15 is 0 Å². The lowest BCUT2D eigenvalue weighted by Crippen LogP contribution is -2.15. The van der Waals surface area contributed by atoms with Crippen molar-refractivity contribution in [1.29, 1.82) is 0 Å². The normalized spacial score (nSPS) is 13.2. The Labute approximate surface area is 160 Å². The fraction of sp³-hybridized carbons (Fsp3) is 0.158. The van der Waals surface area contributed by atoms with Crippen molar-refractivity contribution in [2.45, 2.75) is 12.8 Å². The topological polar surface area (TPSA) is 88.9 Å². The maximum Gasteiger partial charge on any atom is 0.255 e. The molecule has 1 fully saturated rings. The SMILES string of the molecule is O=C(Nc1cc(Cl)ccc1-n1cncn1)c1ccc(NC(=O)C2CC2)cc1. The summed E-state index contributed by atoms with van der Waals surface area (Å²) in [5.74, 6) is -0.131. The minimum Gasteiger partial charge on any atom is -0.326 e. The molecular weight excluding hydrogens is 366 g/mol. The van der Waals surface area contributed by atoms with Gasteiger partial charge in [-0.2, -0.15) is 5.10 Å². The van der Waals surface area contributed by atoms with Crippen molar-refractivity contribution in [3.05, 3.63) is 65.7 Å². The van der Waals surface area contributed by atoms with Gasteiger partial charge in [0, 0.05) is 22.2 Å². The first-order valence-corrected chi connectivity index (χ1v) is 8.85. The molecule has 3 aromatic rings. The van der Waals surface area contributed by atoms with Gasteiger partial charge in [-0.15, -0.1) is 0 Å². The van der Waals surface area contributed by atoms with Crippen molar-refractivity contribution in [1.82, 2.24) is 14.8 Å². The lowest BCUT2D eigenvalue weighted by atomic mass is 10.1. The number of carbonyl (C=O) groups excluding carboxylic acids is 2. The second-order valence-corrected chi connectivity index (χ2v) is 6.73. The van der Waals surface area contributed by atoms with Gasteiger partial charge in [0.1, 0.15) is 12.7 Å². The van der Waals surface area contributed by atoms with E-state index in [-0.39, 0.29) is 17.7 Å². The number of rotatable bonds is 5. The van der Waals surface area contributed by atoms with Crippen molar-refractivity contribution in [2.75, 3.05) is 10.6 Å². The number of hydrogen-bond donors (Lipinski definition) is 2. The van der Waals surface area contributed by atoms with E-state index in [1.807, 2.05) is 0 Å². The first-order valence-electron chi connectivity index (χ1n) is 8.47. The number of nitrogens with zero attached hydrogens (tertiary/aromatic N) is 3. The number of benzene rings is 2. The average Bonchev–Trinajstić information content (AvgIpc) is 3.38. The fourth-order valence-electron chi connectivity index (χ4n) is 2.63. The van der Waals surface area contributed by atoms with E-state index in [1.54, 1.807) is 47.1 Å². The number of hydrogen-bond acceptors (Lipinski definition) is 4. The maximum atomic E-state index is 12.6. The van der Waals surface area contributed by atoms with Crippen molar-refractivity contribution in [3.8, 4) is 5.69 Å². The van der Waals surface area contributed by atoms with Crippen LogP contribution in [0.15, 0.2) is 55.1 Å². The fourth-order valence-corrected chi connectivity index (χ4v) is 2.80. The Hall–Kier alpha value is -3.19. The standard InChI is InChI=1S/C19H16ClN5O2/c20-14-5-8-17(25-11-21-10-22-25)16(9-14)24-19(27)13-3-6-15(7-4-13)23-18(26)12-1-2-12/h3-12H,1-2H2,(H,23,26)(H,24,27). The van der Waals surface area contributed by atoms with Gasteiger partial charge in [0.05, 0.1) is 11.4 Å². The third-order valence-corrected chi connectivity index (χ3v) is 4.47. The summed E-state index contributed by atoms with van der Waals surface area (Å²) >= 11 is 6.07. The van der Waals surface area contributed by atoms with Gasteiger partial charge in [-0.3, -0.25) is 9.59 Å². The van der Waals surface area contributed by atoms with Crippen molar-refractivity contribution in [2.24, 2.45) is 5.92 Å². The number of amides is 2. The second-order valence-electron chi connectivity index (χ2n) is 6.30. The molecule has 0 spiro atoms. The highest BCUT2D eigenvalue weighted by Crippen LogP contribution is 2.30. The van der Waals surface area contributed by atoms with Crippen LogP contribution < -0.4 is 10.6 Å². The Kier molecular flexibility index (Phi) is 4.60. The van der Waals surface area contributed by atoms with E-state index in [0.29, 0.717) is 27.6 Å². The lowest BCUT2D eigenvalue weighted by Gasteiger charge is -2.12. The molecule has 0 bridgehead atoms. The van der Waals surface area contributed by atoms with Crippen molar-refractivity contribution in [3.63, 3.8) is 0 Å². The molecule has 1 heterocycles. The Morgan fingerprint density at radius 1 is 1.07 bits per heavy atom. The molecule has 0 radical (unpaired) electrons. The number of halogens is 1. The van der Waals surface area contributed by atoms with E-state index in [4.69, 9.17) is 11.6 Å². The van der Waals surface area contributed by atoms with Crippen LogP contribution in [0.2, 0.25) is 5.02 Å². The predicted octanol–water partition coefficient (Wildman–Crippen LogP) is 3.52. The van der Waals surface area contributed by atoms with E-state index < -0.39 is 0 Å². The smallest absolute Gasteiger partial charge is 0.255 e. The summed E-state index contributed by atoms with van der Waals surface area (Å²) in [6.07, 6.45) is 4.84. The molecule has 0 aliphatic heterocycles. The number of anilines is 2. The molecule has 2 N–H and O–H groups in total. The summed E-state index contributed by atoms with van der Waals surface area (Å²) in [6, 6.07) is 11.9. The van der Waals surface area contributed by atoms with Crippen LogP contribution in [0.1, 0.15) is 23.2 Å². The van der Waals surface area contributed by atoms with Crippen LogP contribution in [0.4, 0.5) is 11.4 Å². The largest absolute Gasteiger partial charge is 0.326 e. The Morgan fingerprint density at radius 2 is 1.85 bits per heavy atom. The third-order valence-electron chi connectivity index (χ3n) is 4.24. The zero-order valence-electron chi connectivity index (χ0n) is 14.2. The van der Waals surface area contributed by atoms with Gasteiger partial charge >= 0.3 is 0 Å². The summed E-state index contributed by atoms with van der Waals surface area (Å²) in [6.45, 7) is 0. The molecule has 0 unspecified atom stereocenters. The monoisotopic (exact) mass is 381 g/mol. The Bertz CT molecular complexity index is 982. The molecule has 2 amide bonds. The molecule has 2 aromatic carbocycles. The highest BCUT2D eigenvalue weighted by atomic mass is 35.5. The zero-order chi connectivity index (χ0) is 18.8. The van der Waals surface area contributed by atoms with Crippen LogP contribution in [-0.4, -0.2) is 26.6 Å². The molecule has 0 saturated heterocycles. The highest BCUT2D eigenvalue weighted by Gasteiger charge is 2.29. The van der Waals surface area contributed by atoms with E-state index in [2.05, 4.69) is 20.7 Å². The Balaban J connectivity index is 1.50. The molecular formula is C19H16ClN5O2. The van der Waals surface area contributed by atoms with Crippen LogP contribution >= 0.6 is 11.6 Å². The van der Waals surface area contributed by atoms with Crippen LogP contribution in [0.25, 0.3) is 5.69 Å². The first kappa shape index (κ1) is 17.2. The third kappa shape index (κ3) is 3.98. The van der Waals surface area contributed by atoms with Gasteiger partial charge in [-0.1, -0.05) is 11.6 Å². The summed E-state index contributed by atoms with van der Waals surface area (Å²) in [5.41, 5.74) is 2.31. The average molecular weight is 382 g/mol. The molecule has 136 valence electrons. The molecule has 0 atom stereocenters. The van der Waals surface area contributed by atoms with Gasteiger partial charge in [0.15, 0.2) is 0 Å². The first-order chi connectivity index (χ1) is 13.1. The highest BCUT2D eigenvalue weighted by molar-refractivity contribution is 6.31. The molecule has 1 aliphatic carbocycles. The molecule has 1 saturated carbocycles. The second kappa shape index (κ2) is 7.20. The summed E-state index contributed by atoms with van der Waals surface area (Å²) in [5, 5.41) is 10.3. The molecule has 8 heteroatoms. The quantitative estimate of drug-likeness (QED) is 0.707. The van der Waals surface area contributed by atoms with Gasteiger partial charge in [-0.25, -0.2) is 9.67 Å². The van der Waals surface area contributed by atoms with Crippen LogP contribution in [0, 0.1) is 5.92 Å². The molecule has 1 aromatic heterocycles. The minimum atomic E-state index is -0.293. The van der Waals surface area contributed by atoms with E-state index in [9.17, 15) is 9.59 Å². The van der Waals surface area contributed by atoms with Gasteiger partial charge in [0.25, 0.3) is 5.91 Å².